The highest BCUT2D eigenvalue weighted by atomic mass is 16.5. The maximum atomic E-state index is 11.8. The van der Waals surface area contributed by atoms with Crippen molar-refractivity contribution < 1.29 is 19.0 Å². The van der Waals surface area contributed by atoms with Crippen LogP contribution in [-0.4, -0.2) is 46.4 Å². The zero-order valence-electron chi connectivity index (χ0n) is 12.2. The molecular weight excluding hydrogens is 260 g/mol. The van der Waals surface area contributed by atoms with E-state index in [0.29, 0.717) is 36.9 Å². The number of nitrogens with one attached hydrogen (secondary N) is 2. The van der Waals surface area contributed by atoms with Crippen LogP contribution in [-0.2, 0) is 9.53 Å². The minimum absolute atomic E-state index is 0.143. The van der Waals surface area contributed by atoms with Crippen LogP contribution in [0, 0.1) is 0 Å². The Balaban J connectivity index is 2.61. The highest BCUT2D eigenvalue weighted by Gasteiger charge is 2.09. The van der Waals surface area contributed by atoms with Crippen molar-refractivity contribution in [2.24, 2.45) is 0 Å². The molecule has 2 N–H and O–H groups in total. The minimum atomic E-state index is -0.143. The van der Waals surface area contributed by atoms with Gasteiger partial charge in [-0.15, -0.1) is 0 Å². The Labute approximate surface area is 119 Å². The van der Waals surface area contributed by atoms with Crippen molar-refractivity contribution >= 4 is 11.6 Å². The van der Waals surface area contributed by atoms with Crippen molar-refractivity contribution in [3.8, 4) is 11.5 Å². The van der Waals surface area contributed by atoms with Gasteiger partial charge in [0.05, 0.1) is 32.6 Å². The monoisotopic (exact) mass is 282 g/mol. The van der Waals surface area contributed by atoms with E-state index in [-0.39, 0.29) is 12.5 Å². The molecule has 112 valence electrons. The highest BCUT2D eigenvalue weighted by molar-refractivity contribution is 5.93. The molecule has 0 aliphatic heterocycles. The summed E-state index contributed by atoms with van der Waals surface area (Å²) in [5, 5.41) is 5.78. The molecule has 0 heterocycles. The Morgan fingerprint density at radius 1 is 1.30 bits per heavy atom. The van der Waals surface area contributed by atoms with Crippen molar-refractivity contribution in [2.75, 3.05) is 45.8 Å². The number of methoxy groups -OCH3 is 2. The molecule has 0 bridgehead atoms. The number of carbonyl (C=O) groups is 1. The van der Waals surface area contributed by atoms with E-state index in [1.165, 1.54) is 0 Å². The zero-order valence-corrected chi connectivity index (χ0v) is 12.2. The molecule has 0 saturated heterocycles. The number of hydrogen-bond donors (Lipinski definition) is 2. The fourth-order valence-corrected chi connectivity index (χ4v) is 1.59. The fraction of sp³-hybridized carbons (Fsp3) is 0.500. The second-order valence-electron chi connectivity index (χ2n) is 4.01. The maximum Gasteiger partial charge on any atom is 0.238 e. The molecule has 0 aromatic heterocycles. The van der Waals surface area contributed by atoms with Gasteiger partial charge < -0.3 is 24.8 Å². The van der Waals surface area contributed by atoms with Gasteiger partial charge in [-0.2, -0.15) is 0 Å². The number of hydrogen-bond acceptors (Lipinski definition) is 5. The Kier molecular flexibility index (Phi) is 7.46. The van der Waals surface area contributed by atoms with Crippen LogP contribution < -0.4 is 20.1 Å². The van der Waals surface area contributed by atoms with Crippen LogP contribution in [0.4, 0.5) is 5.69 Å². The van der Waals surface area contributed by atoms with E-state index in [9.17, 15) is 4.79 Å². The van der Waals surface area contributed by atoms with Crippen LogP contribution in [0.2, 0.25) is 0 Å². The van der Waals surface area contributed by atoms with Crippen molar-refractivity contribution in [3.05, 3.63) is 18.2 Å². The second-order valence-corrected chi connectivity index (χ2v) is 4.01. The van der Waals surface area contributed by atoms with E-state index in [1.54, 1.807) is 32.4 Å². The molecule has 0 atom stereocenters. The summed E-state index contributed by atoms with van der Waals surface area (Å²) in [5.74, 6) is 1.14. The van der Waals surface area contributed by atoms with Gasteiger partial charge in [0.15, 0.2) is 0 Å². The molecule has 0 aliphatic carbocycles. The Morgan fingerprint density at radius 3 is 2.75 bits per heavy atom. The van der Waals surface area contributed by atoms with Gasteiger partial charge >= 0.3 is 0 Å². The van der Waals surface area contributed by atoms with E-state index < -0.39 is 0 Å². The van der Waals surface area contributed by atoms with Gasteiger partial charge in [-0.05, 0) is 19.1 Å². The number of carbonyl (C=O) groups excluding carboxylic acids is 1. The standard InChI is InChI=1S/C14H22N2O4/c1-4-20-13-6-5-11(19-3)9-12(13)16-14(17)10-15-7-8-18-2/h5-6,9,15H,4,7-8,10H2,1-3H3,(H,16,17). The summed E-state index contributed by atoms with van der Waals surface area (Å²) < 4.78 is 15.5. The van der Waals surface area contributed by atoms with E-state index >= 15 is 0 Å². The minimum Gasteiger partial charge on any atom is -0.497 e. The molecule has 0 spiro atoms. The van der Waals surface area contributed by atoms with Crippen molar-refractivity contribution in [2.45, 2.75) is 6.92 Å². The number of amides is 1. The summed E-state index contributed by atoms with van der Waals surface area (Å²) in [6, 6.07) is 5.30. The normalized spacial score (nSPS) is 10.2. The van der Waals surface area contributed by atoms with Crippen LogP contribution in [0.25, 0.3) is 0 Å². The Hall–Kier alpha value is -1.79. The van der Waals surface area contributed by atoms with Crippen molar-refractivity contribution in [1.82, 2.24) is 5.32 Å². The smallest absolute Gasteiger partial charge is 0.238 e. The molecule has 0 radical (unpaired) electrons. The summed E-state index contributed by atoms with van der Waals surface area (Å²) in [5.41, 5.74) is 0.602. The third-order valence-electron chi connectivity index (χ3n) is 2.53. The van der Waals surface area contributed by atoms with Crippen LogP contribution in [0.3, 0.4) is 0 Å². The van der Waals surface area contributed by atoms with Gasteiger partial charge in [0.1, 0.15) is 11.5 Å². The second kappa shape index (κ2) is 9.17. The lowest BCUT2D eigenvalue weighted by Gasteiger charge is -2.13. The zero-order chi connectivity index (χ0) is 14.8. The topological polar surface area (TPSA) is 68.8 Å². The Morgan fingerprint density at radius 2 is 2.10 bits per heavy atom. The quantitative estimate of drug-likeness (QED) is 0.668. The van der Waals surface area contributed by atoms with E-state index in [4.69, 9.17) is 14.2 Å². The lowest BCUT2D eigenvalue weighted by molar-refractivity contribution is -0.115. The van der Waals surface area contributed by atoms with Crippen LogP contribution in [0.15, 0.2) is 18.2 Å². The number of anilines is 1. The van der Waals surface area contributed by atoms with Crippen molar-refractivity contribution in [3.63, 3.8) is 0 Å². The summed E-state index contributed by atoms with van der Waals surface area (Å²) in [7, 11) is 3.19. The van der Waals surface area contributed by atoms with Gasteiger partial charge in [-0.3, -0.25) is 4.79 Å². The molecule has 0 fully saturated rings. The third-order valence-corrected chi connectivity index (χ3v) is 2.53. The first-order valence-electron chi connectivity index (χ1n) is 6.51. The summed E-state index contributed by atoms with van der Waals surface area (Å²) in [6.45, 7) is 3.83. The van der Waals surface area contributed by atoms with E-state index in [0.717, 1.165) is 0 Å². The van der Waals surface area contributed by atoms with E-state index in [2.05, 4.69) is 10.6 Å². The van der Waals surface area contributed by atoms with Gasteiger partial charge in [0.2, 0.25) is 5.91 Å². The number of benzene rings is 1. The third kappa shape index (κ3) is 5.46. The van der Waals surface area contributed by atoms with Crippen LogP contribution in [0.1, 0.15) is 6.92 Å². The SMILES string of the molecule is CCOc1ccc(OC)cc1NC(=O)CNCCOC. The summed E-state index contributed by atoms with van der Waals surface area (Å²) in [6.07, 6.45) is 0. The average Bonchev–Trinajstić information content (AvgIpc) is 2.45. The average molecular weight is 282 g/mol. The fourth-order valence-electron chi connectivity index (χ4n) is 1.59. The molecule has 0 saturated carbocycles. The molecular formula is C14H22N2O4. The van der Waals surface area contributed by atoms with Gasteiger partial charge in [0.25, 0.3) is 0 Å². The first-order valence-corrected chi connectivity index (χ1v) is 6.51. The number of rotatable bonds is 9. The molecule has 1 rings (SSSR count). The van der Waals surface area contributed by atoms with Crippen LogP contribution in [0.5, 0.6) is 11.5 Å². The molecule has 6 heteroatoms. The largest absolute Gasteiger partial charge is 0.497 e. The maximum absolute atomic E-state index is 11.8. The molecule has 6 nitrogen and oxygen atoms in total. The van der Waals surface area contributed by atoms with Crippen LogP contribution >= 0.6 is 0 Å². The molecule has 1 aromatic rings. The van der Waals surface area contributed by atoms with Gasteiger partial charge in [0, 0.05) is 19.7 Å². The molecule has 0 unspecified atom stereocenters. The molecule has 0 aliphatic rings. The molecule has 1 aromatic carbocycles. The predicted molar refractivity (Wildman–Crippen MR) is 77.5 cm³/mol. The van der Waals surface area contributed by atoms with Gasteiger partial charge in [-0.25, -0.2) is 0 Å². The molecule has 1 amide bonds. The summed E-state index contributed by atoms with van der Waals surface area (Å²) in [4.78, 5) is 11.8. The lowest BCUT2D eigenvalue weighted by atomic mass is 10.2. The highest BCUT2D eigenvalue weighted by Crippen LogP contribution is 2.29. The van der Waals surface area contributed by atoms with E-state index in [1.807, 2.05) is 6.92 Å². The lowest BCUT2D eigenvalue weighted by Crippen LogP contribution is -2.30. The van der Waals surface area contributed by atoms with Gasteiger partial charge in [-0.1, -0.05) is 0 Å². The Bertz CT molecular complexity index is 424. The number of ether oxygens (including phenoxy) is 3. The predicted octanol–water partition coefficient (Wildman–Crippen LogP) is 1.27. The first-order chi connectivity index (χ1) is 9.71. The van der Waals surface area contributed by atoms with Crippen molar-refractivity contribution in [1.29, 1.82) is 0 Å². The summed E-state index contributed by atoms with van der Waals surface area (Å²) >= 11 is 0. The molecule has 20 heavy (non-hydrogen) atoms. The first kappa shape index (κ1) is 16.3.